The molecule has 1 fully saturated rings. The second-order valence-corrected chi connectivity index (χ2v) is 8.93. The van der Waals surface area contributed by atoms with Crippen molar-refractivity contribution in [3.63, 3.8) is 0 Å². The van der Waals surface area contributed by atoms with E-state index in [0.717, 1.165) is 41.9 Å². The van der Waals surface area contributed by atoms with Gasteiger partial charge in [-0.25, -0.2) is 4.98 Å². The summed E-state index contributed by atoms with van der Waals surface area (Å²) in [4.78, 5) is 47.4. The van der Waals surface area contributed by atoms with Gasteiger partial charge in [0.05, 0.1) is 24.5 Å². The lowest BCUT2D eigenvalue weighted by molar-refractivity contribution is -0.136. The van der Waals surface area contributed by atoms with Gasteiger partial charge in [0.15, 0.2) is 0 Å². The highest BCUT2D eigenvalue weighted by Gasteiger charge is 2.34. The van der Waals surface area contributed by atoms with Crippen molar-refractivity contribution in [1.29, 1.82) is 0 Å². The number of likely N-dealkylation sites (tertiary alicyclic amines) is 1. The number of nitrogens with zero attached hydrogens (tertiary/aromatic N) is 5. The van der Waals surface area contributed by atoms with E-state index < -0.39 is 5.91 Å². The number of imidazole rings is 1. The van der Waals surface area contributed by atoms with E-state index in [1.54, 1.807) is 19.4 Å². The summed E-state index contributed by atoms with van der Waals surface area (Å²) in [6.45, 7) is 2.12. The van der Waals surface area contributed by atoms with E-state index in [0.29, 0.717) is 19.5 Å². The third-order valence-electron chi connectivity index (χ3n) is 6.83. The first-order chi connectivity index (χ1) is 15.9. The average Bonchev–Trinajstić information content (AvgIpc) is 3.43. The molecular formula is C24H28N6O3. The Labute approximate surface area is 191 Å². The summed E-state index contributed by atoms with van der Waals surface area (Å²) in [7, 11) is 3.64. The summed E-state index contributed by atoms with van der Waals surface area (Å²) in [6, 6.07) is 5.63. The minimum atomic E-state index is -0.395. The molecule has 33 heavy (non-hydrogen) atoms. The van der Waals surface area contributed by atoms with Gasteiger partial charge in [0.25, 0.3) is 11.5 Å². The van der Waals surface area contributed by atoms with Gasteiger partial charge in [0, 0.05) is 32.5 Å². The molecule has 5 rings (SSSR count). The molecule has 2 amide bonds. The second-order valence-electron chi connectivity index (χ2n) is 8.93. The van der Waals surface area contributed by atoms with Crippen LogP contribution < -0.4 is 10.9 Å². The molecule has 0 bridgehead atoms. The molecule has 0 aliphatic carbocycles. The van der Waals surface area contributed by atoms with Crippen LogP contribution in [-0.4, -0.2) is 61.7 Å². The zero-order valence-corrected chi connectivity index (χ0v) is 19.0. The summed E-state index contributed by atoms with van der Waals surface area (Å²) >= 11 is 0. The van der Waals surface area contributed by atoms with Crippen LogP contribution in [0.4, 0.5) is 0 Å². The maximum atomic E-state index is 13.1. The highest BCUT2D eigenvalue weighted by Crippen LogP contribution is 2.24. The molecule has 9 nitrogen and oxygen atoms in total. The molecule has 0 spiro atoms. The molecule has 2 aliphatic heterocycles. The fourth-order valence-corrected chi connectivity index (χ4v) is 5.02. The fraction of sp³-hybridized carbons (Fsp3) is 0.417. The van der Waals surface area contributed by atoms with Crippen LogP contribution in [0, 0.1) is 0 Å². The van der Waals surface area contributed by atoms with Crippen molar-refractivity contribution < 1.29 is 9.59 Å². The monoisotopic (exact) mass is 448 g/mol. The summed E-state index contributed by atoms with van der Waals surface area (Å²) in [5.74, 6) is -0.262. The van der Waals surface area contributed by atoms with Gasteiger partial charge in [0.2, 0.25) is 5.91 Å². The van der Waals surface area contributed by atoms with Crippen LogP contribution in [0.25, 0.3) is 5.65 Å². The van der Waals surface area contributed by atoms with Crippen LogP contribution in [0.1, 0.15) is 40.0 Å². The highest BCUT2D eigenvalue weighted by atomic mass is 16.2. The zero-order valence-electron chi connectivity index (χ0n) is 19.0. The Morgan fingerprint density at radius 3 is 2.85 bits per heavy atom. The third-order valence-corrected chi connectivity index (χ3v) is 6.83. The molecule has 2 aliphatic rings. The Bertz CT molecular complexity index is 1290. The van der Waals surface area contributed by atoms with Gasteiger partial charge in [-0.3, -0.25) is 19.3 Å². The Balaban J connectivity index is 1.37. The van der Waals surface area contributed by atoms with Crippen molar-refractivity contribution in [2.75, 3.05) is 20.1 Å². The van der Waals surface area contributed by atoms with Crippen LogP contribution >= 0.6 is 0 Å². The van der Waals surface area contributed by atoms with E-state index in [2.05, 4.69) is 15.2 Å². The molecule has 5 heterocycles. The van der Waals surface area contributed by atoms with E-state index in [4.69, 9.17) is 0 Å². The van der Waals surface area contributed by atoms with Crippen LogP contribution in [-0.2, 0) is 31.4 Å². The topological polar surface area (TPSA) is 92.0 Å². The van der Waals surface area contributed by atoms with Crippen molar-refractivity contribution in [2.45, 2.75) is 38.4 Å². The number of carbonyl (C=O) groups is 2. The number of likely N-dealkylation sites (N-methyl/N-ethyl adjacent to an activating group) is 1. The zero-order chi connectivity index (χ0) is 23.1. The van der Waals surface area contributed by atoms with Crippen LogP contribution in [0.3, 0.4) is 0 Å². The van der Waals surface area contributed by atoms with Crippen molar-refractivity contribution in [3.8, 4) is 0 Å². The molecule has 3 aromatic rings. The SMILES string of the molecule is CN1CCC[C@@H]1C(=O)N1CCc2c(cn(C)c(=O)c2C(=O)NCc2cnc3ccccn23)C1. The van der Waals surface area contributed by atoms with Crippen molar-refractivity contribution in [3.05, 3.63) is 69.5 Å². The van der Waals surface area contributed by atoms with Crippen LogP contribution in [0.2, 0.25) is 0 Å². The number of nitrogens with one attached hydrogen (secondary N) is 1. The normalized spacial score (nSPS) is 18.5. The molecule has 3 aromatic heterocycles. The summed E-state index contributed by atoms with van der Waals surface area (Å²) < 4.78 is 3.35. The van der Waals surface area contributed by atoms with Crippen molar-refractivity contribution in [1.82, 2.24) is 29.1 Å². The first kappa shape index (κ1) is 21.4. The lowest BCUT2D eigenvalue weighted by atomic mass is 9.95. The van der Waals surface area contributed by atoms with Crippen LogP contribution in [0.15, 0.2) is 41.6 Å². The Kier molecular flexibility index (Phi) is 5.49. The molecule has 9 heteroatoms. The maximum absolute atomic E-state index is 13.1. The lowest BCUT2D eigenvalue weighted by Crippen LogP contribution is -2.47. The number of amides is 2. The van der Waals surface area contributed by atoms with Crippen molar-refractivity contribution >= 4 is 17.5 Å². The summed E-state index contributed by atoms with van der Waals surface area (Å²) in [5, 5.41) is 2.90. The predicted octanol–water partition coefficient (Wildman–Crippen LogP) is 0.942. The average molecular weight is 449 g/mol. The predicted molar refractivity (Wildman–Crippen MR) is 123 cm³/mol. The first-order valence-electron chi connectivity index (χ1n) is 11.3. The van der Waals surface area contributed by atoms with E-state index in [1.165, 1.54) is 4.57 Å². The van der Waals surface area contributed by atoms with E-state index in [-0.39, 0.29) is 29.6 Å². The number of aromatic nitrogens is 3. The lowest BCUT2D eigenvalue weighted by Gasteiger charge is -2.33. The number of fused-ring (bicyclic) bond motifs is 2. The minimum absolute atomic E-state index is 0.0765. The number of pyridine rings is 2. The Morgan fingerprint density at radius 1 is 1.21 bits per heavy atom. The maximum Gasteiger partial charge on any atom is 0.263 e. The number of hydrogen-bond acceptors (Lipinski definition) is 5. The van der Waals surface area contributed by atoms with Gasteiger partial charge in [0.1, 0.15) is 11.2 Å². The Morgan fingerprint density at radius 2 is 2.06 bits per heavy atom. The van der Waals surface area contributed by atoms with Gasteiger partial charge >= 0.3 is 0 Å². The first-order valence-corrected chi connectivity index (χ1v) is 11.3. The number of rotatable bonds is 4. The molecule has 0 radical (unpaired) electrons. The molecule has 1 saturated heterocycles. The molecule has 0 saturated carbocycles. The fourth-order valence-electron chi connectivity index (χ4n) is 5.02. The Hall–Kier alpha value is -3.46. The molecular weight excluding hydrogens is 420 g/mol. The smallest absolute Gasteiger partial charge is 0.263 e. The summed E-state index contributed by atoms with van der Waals surface area (Å²) in [6.07, 6.45) is 7.77. The van der Waals surface area contributed by atoms with Crippen LogP contribution in [0.5, 0.6) is 0 Å². The molecule has 0 aromatic carbocycles. The molecule has 172 valence electrons. The van der Waals surface area contributed by atoms with Gasteiger partial charge in [-0.15, -0.1) is 0 Å². The van der Waals surface area contributed by atoms with E-state index in [1.807, 2.05) is 40.7 Å². The number of hydrogen-bond donors (Lipinski definition) is 1. The quantitative estimate of drug-likeness (QED) is 0.642. The standard InChI is InChI=1S/C24H28N6O3/c1-27-9-5-6-19(27)23(32)29-11-8-18-16(15-29)14-28(2)24(33)21(18)22(31)26-13-17-12-25-20-7-3-4-10-30(17)20/h3-4,7,10,12,14,19H,5-6,8-9,11,13,15H2,1-2H3,(H,26,31)/t19-/m1/s1. The van der Waals surface area contributed by atoms with Gasteiger partial charge in [-0.1, -0.05) is 6.07 Å². The van der Waals surface area contributed by atoms with Gasteiger partial charge < -0.3 is 19.2 Å². The number of aryl methyl sites for hydroxylation is 1. The molecule has 1 atom stereocenters. The van der Waals surface area contributed by atoms with Gasteiger partial charge in [-0.05, 0) is 56.1 Å². The highest BCUT2D eigenvalue weighted by molar-refractivity contribution is 5.95. The van der Waals surface area contributed by atoms with E-state index >= 15 is 0 Å². The van der Waals surface area contributed by atoms with Crippen molar-refractivity contribution in [2.24, 2.45) is 7.05 Å². The number of carbonyl (C=O) groups excluding carboxylic acids is 2. The minimum Gasteiger partial charge on any atom is -0.346 e. The third kappa shape index (κ3) is 3.82. The summed E-state index contributed by atoms with van der Waals surface area (Å²) in [5.41, 5.74) is 3.09. The van der Waals surface area contributed by atoms with Gasteiger partial charge in [-0.2, -0.15) is 0 Å². The molecule has 1 N–H and O–H groups in total. The van der Waals surface area contributed by atoms with E-state index in [9.17, 15) is 14.4 Å². The molecule has 0 unspecified atom stereocenters. The second kappa shape index (κ2) is 8.47. The largest absolute Gasteiger partial charge is 0.346 e.